The Morgan fingerprint density at radius 1 is 1.35 bits per heavy atom. The Bertz CT molecular complexity index is 467. The van der Waals surface area contributed by atoms with E-state index in [9.17, 15) is 9.18 Å². The van der Waals surface area contributed by atoms with Crippen molar-refractivity contribution in [2.45, 2.75) is 44.1 Å². The van der Waals surface area contributed by atoms with E-state index >= 15 is 0 Å². The summed E-state index contributed by atoms with van der Waals surface area (Å²) < 4.78 is 14.3. The third kappa shape index (κ3) is 3.58. The van der Waals surface area contributed by atoms with E-state index in [4.69, 9.17) is 0 Å². The summed E-state index contributed by atoms with van der Waals surface area (Å²) in [5.74, 6) is -0.568. The van der Waals surface area contributed by atoms with Crippen LogP contribution in [0.4, 0.5) is 10.1 Å². The zero-order chi connectivity index (χ0) is 14.6. The summed E-state index contributed by atoms with van der Waals surface area (Å²) in [5, 5.41) is 5.98. The molecule has 0 bridgehead atoms. The monoisotopic (exact) mass is 342 g/mol. The molecule has 110 valence electrons. The smallest absolute Gasteiger partial charge is 0.226 e. The summed E-state index contributed by atoms with van der Waals surface area (Å²) in [7, 11) is 1.90. The number of halogens is 2. The van der Waals surface area contributed by atoms with E-state index in [0.717, 1.165) is 25.7 Å². The molecule has 1 aromatic carbocycles. The predicted octanol–water partition coefficient (Wildman–Crippen LogP) is 3.84. The van der Waals surface area contributed by atoms with Crippen molar-refractivity contribution in [3.8, 4) is 0 Å². The van der Waals surface area contributed by atoms with Crippen LogP contribution in [0.3, 0.4) is 0 Å². The van der Waals surface area contributed by atoms with Gasteiger partial charge in [-0.3, -0.25) is 4.79 Å². The molecule has 2 N–H and O–H groups in total. The van der Waals surface area contributed by atoms with E-state index in [1.807, 2.05) is 7.05 Å². The molecule has 1 aromatic rings. The molecule has 0 aliphatic heterocycles. The summed E-state index contributed by atoms with van der Waals surface area (Å²) in [6, 6.07) is 4.66. The zero-order valence-electron chi connectivity index (χ0n) is 11.6. The third-order valence-corrected chi connectivity index (χ3v) is 4.73. The lowest BCUT2D eigenvalue weighted by Gasteiger charge is -2.36. The lowest BCUT2D eigenvalue weighted by Crippen LogP contribution is -2.47. The van der Waals surface area contributed by atoms with Crippen molar-refractivity contribution < 1.29 is 9.18 Å². The van der Waals surface area contributed by atoms with Crippen molar-refractivity contribution >= 4 is 27.5 Å². The molecule has 5 heteroatoms. The molecule has 1 aliphatic carbocycles. The van der Waals surface area contributed by atoms with Gasteiger partial charge in [0, 0.05) is 16.4 Å². The van der Waals surface area contributed by atoms with Crippen molar-refractivity contribution in [1.29, 1.82) is 0 Å². The molecule has 1 amide bonds. The minimum atomic E-state index is -0.421. The summed E-state index contributed by atoms with van der Waals surface area (Å²) >= 11 is 3.26. The molecule has 1 aliphatic rings. The Kier molecular flexibility index (Phi) is 5.16. The van der Waals surface area contributed by atoms with E-state index in [-0.39, 0.29) is 17.1 Å². The van der Waals surface area contributed by atoms with Gasteiger partial charge in [0.25, 0.3) is 0 Å². The molecule has 0 atom stereocenters. The van der Waals surface area contributed by atoms with Gasteiger partial charge in [0.1, 0.15) is 5.82 Å². The first-order valence-electron chi connectivity index (χ1n) is 6.99. The quantitative estimate of drug-likeness (QED) is 0.872. The normalized spacial score (nSPS) is 17.8. The van der Waals surface area contributed by atoms with Gasteiger partial charge in [0.05, 0.1) is 5.69 Å². The maximum atomic E-state index is 13.7. The van der Waals surface area contributed by atoms with Crippen LogP contribution in [0.25, 0.3) is 0 Å². The van der Waals surface area contributed by atoms with Crippen LogP contribution in [0.15, 0.2) is 22.7 Å². The number of carbonyl (C=O) groups is 1. The highest BCUT2D eigenvalue weighted by molar-refractivity contribution is 9.10. The molecule has 2 rings (SSSR count). The molecule has 0 saturated heterocycles. The van der Waals surface area contributed by atoms with Gasteiger partial charge in [0.15, 0.2) is 0 Å². The molecule has 20 heavy (non-hydrogen) atoms. The van der Waals surface area contributed by atoms with Crippen LogP contribution in [-0.2, 0) is 4.79 Å². The number of anilines is 1. The second-order valence-electron chi connectivity index (χ2n) is 5.41. The fourth-order valence-electron chi connectivity index (χ4n) is 2.85. The Labute approximate surface area is 127 Å². The molecular weight excluding hydrogens is 323 g/mol. The molecule has 0 spiro atoms. The lowest BCUT2D eigenvalue weighted by molar-refractivity contribution is -0.118. The molecular formula is C15H20BrFN2O. The van der Waals surface area contributed by atoms with Crippen LogP contribution in [-0.4, -0.2) is 18.5 Å². The van der Waals surface area contributed by atoms with Gasteiger partial charge in [-0.15, -0.1) is 0 Å². The average molecular weight is 343 g/mol. The van der Waals surface area contributed by atoms with E-state index in [0.29, 0.717) is 10.9 Å². The summed E-state index contributed by atoms with van der Waals surface area (Å²) in [5.41, 5.74) is 0.0830. The van der Waals surface area contributed by atoms with Gasteiger partial charge < -0.3 is 10.6 Å². The van der Waals surface area contributed by atoms with E-state index in [1.54, 1.807) is 12.1 Å². The number of hydrogen-bond acceptors (Lipinski definition) is 2. The highest BCUT2D eigenvalue weighted by Gasteiger charge is 2.32. The van der Waals surface area contributed by atoms with Crippen molar-refractivity contribution in [2.75, 3.05) is 12.4 Å². The van der Waals surface area contributed by atoms with Crippen LogP contribution in [0, 0.1) is 5.82 Å². The maximum Gasteiger partial charge on any atom is 0.226 e. The Morgan fingerprint density at radius 3 is 2.65 bits per heavy atom. The Balaban J connectivity index is 2.05. The number of benzene rings is 1. The highest BCUT2D eigenvalue weighted by Crippen LogP contribution is 2.32. The predicted molar refractivity (Wildman–Crippen MR) is 82.2 cm³/mol. The van der Waals surface area contributed by atoms with Crippen LogP contribution in [0.2, 0.25) is 0 Å². The van der Waals surface area contributed by atoms with Gasteiger partial charge in [-0.25, -0.2) is 4.39 Å². The zero-order valence-corrected chi connectivity index (χ0v) is 13.2. The standard InChI is InChI=1S/C15H20BrFN2O/c1-18-15(8-3-2-4-9-15)10-13(20)19-14-11(16)6-5-7-12(14)17/h5-7,18H,2-4,8-10H2,1H3,(H,19,20). The van der Waals surface area contributed by atoms with Gasteiger partial charge in [0.2, 0.25) is 5.91 Å². The van der Waals surface area contributed by atoms with Crippen molar-refractivity contribution in [1.82, 2.24) is 5.32 Å². The van der Waals surface area contributed by atoms with E-state index in [2.05, 4.69) is 26.6 Å². The largest absolute Gasteiger partial charge is 0.323 e. The van der Waals surface area contributed by atoms with Gasteiger partial charge in [-0.1, -0.05) is 25.3 Å². The Morgan fingerprint density at radius 2 is 2.05 bits per heavy atom. The van der Waals surface area contributed by atoms with Crippen LogP contribution in [0.1, 0.15) is 38.5 Å². The molecule has 0 aromatic heterocycles. The number of para-hydroxylation sites is 1. The van der Waals surface area contributed by atoms with E-state index < -0.39 is 5.82 Å². The first-order valence-corrected chi connectivity index (χ1v) is 7.78. The maximum absolute atomic E-state index is 13.7. The average Bonchev–Trinajstić information content (AvgIpc) is 2.44. The second-order valence-corrected chi connectivity index (χ2v) is 6.27. The molecule has 0 heterocycles. The molecule has 1 fully saturated rings. The minimum absolute atomic E-state index is 0.139. The van der Waals surface area contributed by atoms with Crippen LogP contribution in [0.5, 0.6) is 0 Å². The van der Waals surface area contributed by atoms with Gasteiger partial charge in [-0.2, -0.15) is 0 Å². The molecule has 3 nitrogen and oxygen atoms in total. The number of hydrogen-bond donors (Lipinski definition) is 2. The first kappa shape index (κ1) is 15.4. The number of carbonyl (C=O) groups excluding carboxylic acids is 1. The summed E-state index contributed by atoms with van der Waals surface area (Å²) in [4.78, 5) is 12.2. The molecule has 0 radical (unpaired) electrons. The minimum Gasteiger partial charge on any atom is -0.323 e. The second kappa shape index (κ2) is 6.68. The summed E-state index contributed by atoms with van der Waals surface area (Å²) in [6.07, 6.45) is 5.87. The van der Waals surface area contributed by atoms with Crippen LogP contribution < -0.4 is 10.6 Å². The number of amides is 1. The SMILES string of the molecule is CNC1(CC(=O)Nc2c(F)cccc2Br)CCCCC1. The molecule has 1 saturated carbocycles. The van der Waals surface area contributed by atoms with Crippen LogP contribution >= 0.6 is 15.9 Å². The highest BCUT2D eigenvalue weighted by atomic mass is 79.9. The lowest BCUT2D eigenvalue weighted by atomic mass is 9.79. The van der Waals surface area contributed by atoms with Gasteiger partial charge in [-0.05, 0) is 48.0 Å². The topological polar surface area (TPSA) is 41.1 Å². The Hall–Kier alpha value is -0.940. The fourth-order valence-corrected chi connectivity index (χ4v) is 3.29. The fraction of sp³-hybridized carbons (Fsp3) is 0.533. The van der Waals surface area contributed by atoms with Gasteiger partial charge >= 0.3 is 0 Å². The van der Waals surface area contributed by atoms with Crippen molar-refractivity contribution in [3.63, 3.8) is 0 Å². The number of rotatable bonds is 4. The van der Waals surface area contributed by atoms with Crippen molar-refractivity contribution in [2.24, 2.45) is 0 Å². The number of nitrogens with one attached hydrogen (secondary N) is 2. The molecule has 0 unspecified atom stereocenters. The summed E-state index contributed by atoms with van der Waals surface area (Å²) in [6.45, 7) is 0. The first-order chi connectivity index (χ1) is 9.56. The third-order valence-electron chi connectivity index (χ3n) is 4.07. The van der Waals surface area contributed by atoms with Crippen molar-refractivity contribution in [3.05, 3.63) is 28.5 Å². The van der Waals surface area contributed by atoms with E-state index in [1.165, 1.54) is 12.5 Å².